The molecule has 0 fully saturated rings. The number of carbonyl (C=O) groups excluding carboxylic acids is 2. The maximum absolute atomic E-state index is 12.5. The van der Waals surface area contributed by atoms with Crippen LogP contribution >= 0.6 is 0 Å². The van der Waals surface area contributed by atoms with E-state index in [4.69, 9.17) is 0 Å². The monoisotopic (exact) mass is 257 g/mol. The Morgan fingerprint density at radius 2 is 1.88 bits per heavy atom. The molecule has 0 unspecified atom stereocenters. The topological polar surface area (TPSA) is 75.6 Å². The van der Waals surface area contributed by atoms with E-state index in [0.29, 0.717) is 7.11 Å². The zero-order valence-corrected chi connectivity index (χ0v) is 9.59. The molecule has 2 atom stereocenters. The molecule has 0 aliphatic carbocycles. The van der Waals surface area contributed by atoms with Gasteiger partial charge in [0.1, 0.15) is 0 Å². The van der Waals surface area contributed by atoms with Crippen LogP contribution in [-0.2, 0) is 14.3 Å². The van der Waals surface area contributed by atoms with Gasteiger partial charge in [-0.2, -0.15) is 13.2 Å². The number of methoxy groups -OCH3 is 1. The van der Waals surface area contributed by atoms with Crippen LogP contribution in [0.4, 0.5) is 13.2 Å². The van der Waals surface area contributed by atoms with Gasteiger partial charge in [0.15, 0.2) is 0 Å². The smallest absolute Gasteiger partial charge is 0.448 e. The van der Waals surface area contributed by atoms with Crippen LogP contribution in [0.3, 0.4) is 0 Å². The lowest BCUT2D eigenvalue weighted by molar-refractivity contribution is -0.270. The number of rotatable bonds is 4. The largest absolute Gasteiger partial charge is 0.465 e. The van der Waals surface area contributed by atoms with Crippen molar-refractivity contribution in [3.05, 3.63) is 0 Å². The van der Waals surface area contributed by atoms with Crippen LogP contribution in [-0.4, -0.2) is 36.0 Å². The second kappa shape index (κ2) is 5.35. The number of nitrogens with one attached hydrogen (secondary N) is 1. The van der Waals surface area contributed by atoms with Gasteiger partial charge in [0, 0.05) is 5.92 Å². The summed E-state index contributed by atoms with van der Waals surface area (Å²) >= 11 is 0. The number of halogens is 3. The molecule has 100 valence electrons. The molecule has 2 N–H and O–H groups in total. The van der Waals surface area contributed by atoms with E-state index < -0.39 is 29.7 Å². The first-order valence-electron chi connectivity index (χ1n) is 4.79. The lowest BCUT2D eigenvalue weighted by Gasteiger charge is -2.29. The van der Waals surface area contributed by atoms with Gasteiger partial charge in [-0.05, 0) is 6.42 Å². The normalized spacial score (nSPS) is 16.9. The summed E-state index contributed by atoms with van der Waals surface area (Å²) < 4.78 is 41.3. The van der Waals surface area contributed by atoms with Crippen molar-refractivity contribution >= 4 is 11.9 Å². The summed E-state index contributed by atoms with van der Waals surface area (Å²) in [6.45, 7) is 2.94. The van der Waals surface area contributed by atoms with Crippen LogP contribution in [0.2, 0.25) is 0 Å². The van der Waals surface area contributed by atoms with Gasteiger partial charge in [-0.25, -0.2) is 4.79 Å². The molecule has 0 saturated carbocycles. The van der Waals surface area contributed by atoms with Crippen molar-refractivity contribution in [2.75, 3.05) is 7.11 Å². The second-order valence-corrected chi connectivity index (χ2v) is 3.50. The lowest BCUT2D eigenvalue weighted by Crippen LogP contribution is -2.65. The third kappa shape index (κ3) is 3.32. The highest BCUT2D eigenvalue weighted by Gasteiger charge is 2.62. The van der Waals surface area contributed by atoms with Gasteiger partial charge >= 0.3 is 17.9 Å². The molecular weight excluding hydrogens is 243 g/mol. The molecule has 0 heterocycles. The van der Waals surface area contributed by atoms with Gasteiger partial charge in [-0.15, -0.1) is 0 Å². The SMILES string of the molecule is CC[C@@H](C)C(=O)N[C@](O)(C(=O)OC)C(F)(F)F. The maximum atomic E-state index is 12.5. The molecule has 0 saturated heterocycles. The Morgan fingerprint density at radius 1 is 1.41 bits per heavy atom. The number of aliphatic hydroxyl groups is 1. The summed E-state index contributed by atoms with van der Waals surface area (Å²) in [5, 5.41) is 10.5. The molecule has 0 aromatic heterocycles. The van der Waals surface area contributed by atoms with E-state index >= 15 is 0 Å². The quantitative estimate of drug-likeness (QED) is 0.570. The van der Waals surface area contributed by atoms with E-state index in [1.54, 1.807) is 6.92 Å². The zero-order valence-electron chi connectivity index (χ0n) is 9.59. The lowest BCUT2D eigenvalue weighted by atomic mass is 10.1. The summed E-state index contributed by atoms with van der Waals surface area (Å²) in [7, 11) is 0.675. The van der Waals surface area contributed by atoms with Gasteiger partial charge in [0.25, 0.3) is 0 Å². The molecule has 8 heteroatoms. The standard InChI is InChI=1S/C9H14F3NO4/c1-4-5(2)6(14)13-8(16,7(15)17-3)9(10,11)12/h5,16H,4H2,1-3H3,(H,13,14)/t5-,8+/m1/s1. The number of amides is 1. The molecule has 0 aliphatic heterocycles. The molecule has 0 bridgehead atoms. The average molecular weight is 257 g/mol. The fraction of sp³-hybridized carbons (Fsp3) is 0.778. The van der Waals surface area contributed by atoms with E-state index in [9.17, 15) is 27.9 Å². The van der Waals surface area contributed by atoms with Gasteiger partial charge < -0.3 is 15.2 Å². The van der Waals surface area contributed by atoms with E-state index in [2.05, 4.69) is 4.74 Å². The van der Waals surface area contributed by atoms with Crippen LogP contribution in [0, 0.1) is 5.92 Å². The zero-order chi connectivity index (χ0) is 13.9. The van der Waals surface area contributed by atoms with Gasteiger partial charge in [0.2, 0.25) is 5.91 Å². The van der Waals surface area contributed by atoms with E-state index in [-0.39, 0.29) is 6.42 Å². The highest BCUT2D eigenvalue weighted by Crippen LogP contribution is 2.29. The molecule has 0 radical (unpaired) electrons. The minimum absolute atomic E-state index is 0.265. The fourth-order valence-corrected chi connectivity index (χ4v) is 0.872. The van der Waals surface area contributed by atoms with Crippen molar-refractivity contribution in [1.29, 1.82) is 0 Å². The summed E-state index contributed by atoms with van der Waals surface area (Å²) in [6, 6.07) is 0. The first kappa shape index (κ1) is 15.7. The van der Waals surface area contributed by atoms with Gasteiger partial charge in [-0.3, -0.25) is 4.79 Å². The van der Waals surface area contributed by atoms with Crippen molar-refractivity contribution in [3.8, 4) is 0 Å². The van der Waals surface area contributed by atoms with E-state index in [1.165, 1.54) is 12.2 Å². The number of ether oxygens (including phenoxy) is 1. The number of carbonyl (C=O) groups is 2. The Balaban J connectivity index is 5.11. The van der Waals surface area contributed by atoms with Crippen LogP contribution in [0.25, 0.3) is 0 Å². The van der Waals surface area contributed by atoms with Crippen molar-refractivity contribution in [1.82, 2.24) is 5.32 Å². The third-order valence-electron chi connectivity index (χ3n) is 2.26. The van der Waals surface area contributed by atoms with Gasteiger partial charge in [0.05, 0.1) is 7.11 Å². The predicted molar refractivity (Wildman–Crippen MR) is 50.6 cm³/mol. The number of alkyl halides is 3. The van der Waals surface area contributed by atoms with Gasteiger partial charge in [-0.1, -0.05) is 13.8 Å². The van der Waals surface area contributed by atoms with Crippen LogP contribution < -0.4 is 5.32 Å². The number of esters is 1. The molecule has 1 amide bonds. The van der Waals surface area contributed by atoms with E-state index in [1.807, 2.05) is 0 Å². The molecule has 0 aromatic carbocycles. The third-order valence-corrected chi connectivity index (χ3v) is 2.26. The Morgan fingerprint density at radius 3 is 2.18 bits per heavy atom. The van der Waals surface area contributed by atoms with E-state index in [0.717, 1.165) is 0 Å². The minimum Gasteiger partial charge on any atom is -0.465 e. The summed E-state index contributed by atoms with van der Waals surface area (Å²) in [4.78, 5) is 22.2. The van der Waals surface area contributed by atoms with Crippen molar-refractivity contribution in [3.63, 3.8) is 0 Å². The highest BCUT2D eigenvalue weighted by molar-refractivity contribution is 5.88. The second-order valence-electron chi connectivity index (χ2n) is 3.50. The van der Waals surface area contributed by atoms with Crippen LogP contribution in [0.15, 0.2) is 0 Å². The Labute approximate surface area is 95.9 Å². The molecule has 5 nitrogen and oxygen atoms in total. The van der Waals surface area contributed by atoms with Crippen LogP contribution in [0.1, 0.15) is 20.3 Å². The van der Waals surface area contributed by atoms with Crippen molar-refractivity contribution in [2.24, 2.45) is 5.92 Å². The average Bonchev–Trinajstić information content (AvgIpc) is 2.24. The Kier molecular flexibility index (Phi) is 4.94. The van der Waals surface area contributed by atoms with Crippen molar-refractivity contribution in [2.45, 2.75) is 32.2 Å². The summed E-state index contributed by atoms with van der Waals surface area (Å²) in [5.41, 5.74) is -4.01. The Bertz CT molecular complexity index is 305. The fourth-order valence-electron chi connectivity index (χ4n) is 0.872. The van der Waals surface area contributed by atoms with Crippen LogP contribution in [0.5, 0.6) is 0 Å². The Hall–Kier alpha value is -1.31. The predicted octanol–water partition coefficient (Wildman–Crippen LogP) is 0.573. The minimum atomic E-state index is -5.36. The molecular formula is C9H14F3NO4. The number of hydrogen-bond donors (Lipinski definition) is 2. The molecule has 0 aliphatic rings. The summed E-state index contributed by atoms with van der Waals surface area (Å²) in [5.74, 6) is -3.84. The van der Waals surface area contributed by atoms with Crippen molar-refractivity contribution < 1.29 is 32.6 Å². The highest BCUT2D eigenvalue weighted by atomic mass is 19.4. The molecule has 0 aromatic rings. The first-order chi connectivity index (χ1) is 7.60. The maximum Gasteiger partial charge on any atom is 0.448 e. The number of hydrogen-bond acceptors (Lipinski definition) is 4. The first-order valence-corrected chi connectivity index (χ1v) is 4.79. The molecule has 17 heavy (non-hydrogen) atoms. The summed E-state index contributed by atoms with van der Waals surface area (Å²) in [6.07, 6.45) is -5.09. The molecule has 0 rings (SSSR count). The molecule has 0 spiro atoms.